The molecule has 2 heteroatoms. The van der Waals surface area contributed by atoms with Crippen LogP contribution in [0.25, 0.3) is 6.08 Å². The molecule has 4 aliphatic rings. The lowest BCUT2D eigenvalue weighted by atomic mass is 9.76. The Balaban J connectivity index is 1.49. The van der Waals surface area contributed by atoms with Crippen molar-refractivity contribution in [1.29, 1.82) is 0 Å². The van der Waals surface area contributed by atoms with Crippen molar-refractivity contribution < 1.29 is 9.53 Å². The average molecular weight is 282 g/mol. The zero-order valence-electron chi connectivity index (χ0n) is 12.5. The van der Waals surface area contributed by atoms with E-state index in [9.17, 15) is 4.79 Å². The van der Waals surface area contributed by atoms with E-state index >= 15 is 0 Å². The van der Waals surface area contributed by atoms with Crippen LogP contribution in [0.1, 0.15) is 44.6 Å². The van der Waals surface area contributed by atoms with Gasteiger partial charge in [-0.15, -0.1) is 0 Å². The number of hydrogen-bond acceptors (Lipinski definition) is 2. The van der Waals surface area contributed by atoms with Crippen molar-refractivity contribution in [2.24, 2.45) is 17.3 Å². The fourth-order valence-electron chi connectivity index (χ4n) is 5.35. The van der Waals surface area contributed by atoms with Crippen LogP contribution in [0.2, 0.25) is 0 Å². The van der Waals surface area contributed by atoms with Crippen LogP contribution in [-0.2, 0) is 9.53 Å². The third-order valence-corrected chi connectivity index (χ3v) is 5.99. The largest absolute Gasteiger partial charge is 0.455 e. The highest BCUT2D eigenvalue weighted by Gasteiger charge is 2.66. The Morgan fingerprint density at radius 3 is 2.48 bits per heavy atom. The first kappa shape index (κ1) is 13.1. The predicted octanol–water partition coefficient (Wildman–Crippen LogP) is 4.21. The highest BCUT2D eigenvalue weighted by molar-refractivity contribution is 5.87. The van der Waals surface area contributed by atoms with Crippen molar-refractivity contribution >= 4 is 12.0 Å². The van der Waals surface area contributed by atoms with Crippen LogP contribution in [0.15, 0.2) is 36.4 Å². The molecule has 4 bridgehead atoms. The molecule has 2 unspecified atom stereocenters. The van der Waals surface area contributed by atoms with Gasteiger partial charge in [-0.1, -0.05) is 37.3 Å². The Morgan fingerprint density at radius 2 is 1.81 bits per heavy atom. The Morgan fingerprint density at radius 1 is 1.14 bits per heavy atom. The molecule has 2 nitrogen and oxygen atoms in total. The minimum atomic E-state index is -0.173. The third-order valence-electron chi connectivity index (χ3n) is 5.99. The van der Waals surface area contributed by atoms with Gasteiger partial charge in [-0.05, 0) is 55.6 Å². The first-order valence-corrected chi connectivity index (χ1v) is 8.05. The lowest BCUT2D eigenvalue weighted by Crippen LogP contribution is -2.41. The third kappa shape index (κ3) is 2.04. The van der Waals surface area contributed by atoms with Gasteiger partial charge >= 0.3 is 5.97 Å². The first-order valence-electron chi connectivity index (χ1n) is 8.05. The Bertz CT molecular complexity index is 573. The average Bonchev–Trinajstić information content (AvgIpc) is 2.75. The van der Waals surface area contributed by atoms with E-state index in [0.717, 1.165) is 30.2 Å². The maximum absolute atomic E-state index is 12.3. The first-order chi connectivity index (χ1) is 10.1. The van der Waals surface area contributed by atoms with Gasteiger partial charge in [0.2, 0.25) is 0 Å². The number of carbonyl (C=O) groups excluding carboxylic acids is 1. The summed E-state index contributed by atoms with van der Waals surface area (Å²) in [7, 11) is 0. The number of esters is 1. The second-order valence-electron chi connectivity index (χ2n) is 7.50. The van der Waals surface area contributed by atoms with Gasteiger partial charge in [0.05, 0.1) is 0 Å². The zero-order valence-corrected chi connectivity index (χ0v) is 12.5. The lowest BCUT2D eigenvalue weighted by Gasteiger charge is -2.37. The Kier molecular flexibility index (Phi) is 2.79. The van der Waals surface area contributed by atoms with Crippen LogP contribution in [0.5, 0.6) is 0 Å². The van der Waals surface area contributed by atoms with Gasteiger partial charge < -0.3 is 4.74 Å². The molecule has 0 radical (unpaired) electrons. The van der Waals surface area contributed by atoms with Crippen molar-refractivity contribution in [2.45, 2.75) is 44.6 Å². The molecule has 0 N–H and O–H groups in total. The molecular formula is C19H22O2. The molecule has 0 spiro atoms. The zero-order chi connectivity index (χ0) is 14.5. The van der Waals surface area contributed by atoms with E-state index in [1.165, 1.54) is 19.3 Å². The number of hydrogen-bond donors (Lipinski definition) is 0. The number of benzene rings is 1. The highest BCUT2D eigenvalue weighted by atomic mass is 16.6. The summed E-state index contributed by atoms with van der Waals surface area (Å²) >= 11 is 0. The molecule has 0 aliphatic heterocycles. The number of carbonyl (C=O) groups is 1. The van der Waals surface area contributed by atoms with Crippen LogP contribution in [0.3, 0.4) is 0 Å². The fourth-order valence-corrected chi connectivity index (χ4v) is 5.35. The molecule has 1 aromatic rings. The molecule has 21 heavy (non-hydrogen) atoms. The van der Waals surface area contributed by atoms with Gasteiger partial charge in [-0.3, -0.25) is 0 Å². The van der Waals surface area contributed by atoms with Gasteiger partial charge in [0.15, 0.2) is 0 Å². The minimum Gasteiger partial charge on any atom is -0.455 e. The number of rotatable bonds is 3. The lowest BCUT2D eigenvalue weighted by molar-refractivity contribution is -0.162. The summed E-state index contributed by atoms with van der Waals surface area (Å²) in [5, 5.41) is 0. The van der Waals surface area contributed by atoms with Crippen molar-refractivity contribution in [1.82, 2.24) is 0 Å². The molecule has 5 rings (SSSR count). The van der Waals surface area contributed by atoms with Crippen molar-refractivity contribution in [3.8, 4) is 0 Å². The van der Waals surface area contributed by atoms with Crippen molar-refractivity contribution in [3.63, 3.8) is 0 Å². The van der Waals surface area contributed by atoms with E-state index in [1.807, 2.05) is 36.4 Å². The summed E-state index contributed by atoms with van der Waals surface area (Å²) in [5.74, 6) is 1.40. The van der Waals surface area contributed by atoms with Crippen molar-refractivity contribution in [2.75, 3.05) is 0 Å². The molecule has 4 fully saturated rings. The predicted molar refractivity (Wildman–Crippen MR) is 82.5 cm³/mol. The summed E-state index contributed by atoms with van der Waals surface area (Å²) in [6.07, 6.45) is 9.47. The standard InChI is InChI=1S/C19H22O2/c1-18-10-15-9-16(11-18)13-19(18,12-15)21-17(20)8-7-14-5-3-2-4-6-14/h2-8,15-16H,9-13H2,1H3/b8-7+/t15-,16+,18?,19?. The molecule has 0 aromatic heterocycles. The van der Waals surface area contributed by atoms with E-state index in [-0.39, 0.29) is 17.0 Å². The summed E-state index contributed by atoms with van der Waals surface area (Å²) in [4.78, 5) is 12.3. The summed E-state index contributed by atoms with van der Waals surface area (Å²) in [6, 6.07) is 9.91. The molecule has 0 saturated heterocycles. The number of ether oxygens (including phenoxy) is 1. The van der Waals surface area contributed by atoms with E-state index < -0.39 is 0 Å². The topological polar surface area (TPSA) is 26.3 Å². The van der Waals surface area contributed by atoms with E-state index in [1.54, 1.807) is 6.08 Å². The molecular weight excluding hydrogens is 260 g/mol. The van der Waals surface area contributed by atoms with Crippen LogP contribution < -0.4 is 0 Å². The highest BCUT2D eigenvalue weighted by Crippen LogP contribution is 2.68. The Hall–Kier alpha value is -1.57. The van der Waals surface area contributed by atoms with Gasteiger partial charge in [-0.2, -0.15) is 0 Å². The van der Waals surface area contributed by atoms with Crippen LogP contribution >= 0.6 is 0 Å². The van der Waals surface area contributed by atoms with Gasteiger partial charge in [0.1, 0.15) is 5.60 Å². The van der Waals surface area contributed by atoms with Gasteiger partial charge in [-0.25, -0.2) is 4.79 Å². The molecule has 0 amide bonds. The van der Waals surface area contributed by atoms with E-state index in [4.69, 9.17) is 4.74 Å². The summed E-state index contributed by atoms with van der Waals surface area (Å²) in [6.45, 7) is 2.33. The minimum absolute atomic E-state index is 0.168. The fraction of sp³-hybridized carbons (Fsp3) is 0.526. The normalized spacial score (nSPS) is 40.0. The SMILES string of the molecule is CC12C[C@H]3C[C@@H](C1)CC2(OC(=O)/C=C/c1ccccc1)C3. The molecule has 1 aromatic carbocycles. The second-order valence-corrected chi connectivity index (χ2v) is 7.50. The molecule has 4 aliphatic carbocycles. The summed E-state index contributed by atoms with van der Waals surface area (Å²) in [5.41, 5.74) is 1.10. The van der Waals surface area contributed by atoms with Gasteiger partial charge in [0.25, 0.3) is 0 Å². The molecule has 4 saturated carbocycles. The van der Waals surface area contributed by atoms with Gasteiger partial charge in [0, 0.05) is 11.5 Å². The quantitative estimate of drug-likeness (QED) is 0.613. The molecule has 4 atom stereocenters. The monoisotopic (exact) mass is 282 g/mol. The van der Waals surface area contributed by atoms with Crippen LogP contribution in [-0.4, -0.2) is 11.6 Å². The van der Waals surface area contributed by atoms with Crippen molar-refractivity contribution in [3.05, 3.63) is 42.0 Å². The molecule has 0 heterocycles. The summed E-state index contributed by atoms with van der Waals surface area (Å²) < 4.78 is 6.02. The Labute approximate surface area is 126 Å². The van der Waals surface area contributed by atoms with E-state index in [2.05, 4.69) is 6.92 Å². The smallest absolute Gasteiger partial charge is 0.331 e. The maximum atomic E-state index is 12.3. The second kappa shape index (κ2) is 4.46. The van der Waals surface area contributed by atoms with Crippen LogP contribution in [0.4, 0.5) is 0 Å². The van der Waals surface area contributed by atoms with E-state index in [0.29, 0.717) is 0 Å². The van der Waals surface area contributed by atoms with Crippen LogP contribution in [0, 0.1) is 17.3 Å². The molecule has 110 valence electrons. The maximum Gasteiger partial charge on any atom is 0.331 e.